The van der Waals surface area contributed by atoms with Crippen LogP contribution in [-0.4, -0.2) is 27.6 Å². The Morgan fingerprint density at radius 3 is 2.54 bits per heavy atom. The number of benzene rings is 3. The minimum Gasteiger partial charge on any atom is -0.426 e. The first-order valence-electron chi connectivity index (χ1n) is 10.8. The summed E-state index contributed by atoms with van der Waals surface area (Å²) in [6.07, 6.45) is 1.51. The molecule has 4 aromatic rings. The molecule has 0 radical (unpaired) electrons. The number of thioether (sulfide) groups is 1. The molecule has 0 saturated carbocycles. The maximum atomic E-state index is 13.2. The molecule has 0 bridgehead atoms. The van der Waals surface area contributed by atoms with Gasteiger partial charge in [-0.3, -0.25) is 14.5 Å². The highest BCUT2D eigenvalue weighted by Gasteiger charge is 2.32. The topological polar surface area (TPSA) is 76.8 Å². The van der Waals surface area contributed by atoms with E-state index in [2.05, 4.69) is 0 Å². The van der Waals surface area contributed by atoms with Gasteiger partial charge in [-0.15, -0.1) is 0 Å². The minimum atomic E-state index is -0.582. The molecule has 1 aliphatic rings. The van der Waals surface area contributed by atoms with E-state index in [1.165, 1.54) is 17.0 Å². The Morgan fingerprint density at radius 1 is 1.08 bits per heavy atom. The zero-order valence-corrected chi connectivity index (χ0v) is 21.9. The van der Waals surface area contributed by atoms with Gasteiger partial charge in [-0.05, 0) is 53.6 Å². The van der Waals surface area contributed by atoms with Gasteiger partial charge in [-0.1, -0.05) is 71.2 Å². The lowest BCUT2D eigenvalue weighted by Gasteiger charge is -2.15. The first-order valence-corrected chi connectivity index (χ1v) is 13.2. The van der Waals surface area contributed by atoms with Crippen LogP contribution in [0.4, 0.5) is 4.39 Å². The van der Waals surface area contributed by atoms with E-state index in [9.17, 15) is 18.8 Å². The number of thiocarbonyl (C=S) groups is 1. The molecular weight excluding hydrogens is 557 g/mol. The van der Waals surface area contributed by atoms with Gasteiger partial charge in [0.15, 0.2) is 0 Å². The molecule has 0 atom stereocenters. The molecule has 0 aliphatic carbocycles. The van der Waals surface area contributed by atoms with E-state index in [4.69, 9.17) is 33.0 Å². The van der Waals surface area contributed by atoms with Crippen LogP contribution in [0.25, 0.3) is 27.5 Å². The number of nitrogens with zero attached hydrogens (tertiary/aromatic N) is 1. The molecule has 0 N–H and O–H groups in total. The van der Waals surface area contributed by atoms with E-state index in [1.54, 1.807) is 54.6 Å². The molecule has 6 nitrogen and oxygen atoms in total. The van der Waals surface area contributed by atoms with Crippen molar-refractivity contribution < 1.29 is 23.1 Å². The Balaban J connectivity index is 1.33. The third kappa shape index (κ3) is 5.52. The highest BCUT2D eigenvalue weighted by atomic mass is 35.5. The summed E-state index contributed by atoms with van der Waals surface area (Å²) in [5, 5.41) is 0.534. The number of ether oxygens (including phenoxy) is 1. The van der Waals surface area contributed by atoms with Crippen molar-refractivity contribution in [1.29, 1.82) is 0 Å². The Labute approximate surface area is 228 Å². The number of hydrogen-bond donors (Lipinski definition) is 0. The number of amides is 1. The van der Waals surface area contributed by atoms with Crippen LogP contribution < -0.4 is 9.68 Å². The largest absolute Gasteiger partial charge is 0.426 e. The van der Waals surface area contributed by atoms with Crippen molar-refractivity contribution in [3.8, 4) is 16.9 Å². The lowest BCUT2D eigenvalue weighted by atomic mass is 10.0. The molecule has 37 heavy (non-hydrogen) atoms. The number of carbonyl (C=O) groups is 2. The summed E-state index contributed by atoms with van der Waals surface area (Å²) >= 11 is 13.4. The maximum absolute atomic E-state index is 13.2. The van der Waals surface area contributed by atoms with Crippen LogP contribution in [0.5, 0.6) is 5.75 Å². The molecule has 1 aliphatic heterocycles. The van der Waals surface area contributed by atoms with Gasteiger partial charge in [0.05, 0.1) is 16.0 Å². The molecule has 186 valence electrons. The second-order valence-electron chi connectivity index (χ2n) is 7.84. The molecule has 1 fully saturated rings. The molecule has 3 aromatic carbocycles. The number of carbonyl (C=O) groups excluding carboxylic acids is 2. The van der Waals surface area contributed by atoms with Crippen molar-refractivity contribution in [2.75, 3.05) is 6.54 Å². The van der Waals surface area contributed by atoms with Crippen molar-refractivity contribution in [1.82, 2.24) is 4.90 Å². The summed E-state index contributed by atoms with van der Waals surface area (Å²) in [7, 11) is 0. The molecule has 2 heterocycles. The zero-order valence-electron chi connectivity index (χ0n) is 18.7. The molecule has 1 saturated heterocycles. The van der Waals surface area contributed by atoms with Gasteiger partial charge in [-0.2, -0.15) is 0 Å². The second-order valence-corrected chi connectivity index (χ2v) is 10.9. The van der Waals surface area contributed by atoms with E-state index in [0.29, 0.717) is 41.2 Å². The zero-order chi connectivity index (χ0) is 26.1. The van der Waals surface area contributed by atoms with E-state index in [0.717, 1.165) is 23.1 Å². The van der Waals surface area contributed by atoms with E-state index >= 15 is 0 Å². The standard InChI is InChI=1S/C26H15ClFNO5S3/c27-16-5-3-15(4-6-16)22-18(9-10-19-23(22)37-26(32)34-19)33-21(30)11-12-29-24(31)20(36-25(29)35)13-14-1-7-17(28)8-2-14/h1-10,13H,11-12H2/b20-13+. The first-order chi connectivity index (χ1) is 17.8. The van der Waals surface area contributed by atoms with E-state index < -0.39 is 10.9 Å². The third-order valence-corrected chi connectivity index (χ3v) is 7.89. The lowest BCUT2D eigenvalue weighted by molar-refractivity contribution is -0.134. The van der Waals surface area contributed by atoms with Gasteiger partial charge in [-0.25, -0.2) is 9.18 Å². The number of esters is 1. The average molecular weight is 572 g/mol. The number of fused-ring (bicyclic) bond motifs is 1. The molecule has 11 heteroatoms. The Kier molecular flexibility index (Phi) is 7.25. The smallest absolute Gasteiger partial charge is 0.396 e. The van der Waals surface area contributed by atoms with Crippen molar-refractivity contribution in [3.05, 3.63) is 91.7 Å². The van der Waals surface area contributed by atoms with Gasteiger partial charge in [0.2, 0.25) is 0 Å². The van der Waals surface area contributed by atoms with Gasteiger partial charge >= 0.3 is 10.9 Å². The quantitative estimate of drug-likeness (QED) is 0.113. The van der Waals surface area contributed by atoms with E-state index in [-0.39, 0.29) is 30.4 Å². The van der Waals surface area contributed by atoms with Crippen molar-refractivity contribution in [2.24, 2.45) is 0 Å². The maximum Gasteiger partial charge on any atom is 0.396 e. The molecule has 1 aromatic heterocycles. The summed E-state index contributed by atoms with van der Waals surface area (Å²) in [6, 6.07) is 15.8. The number of rotatable bonds is 6. The van der Waals surface area contributed by atoms with Crippen molar-refractivity contribution >= 4 is 79.5 Å². The summed E-state index contributed by atoms with van der Waals surface area (Å²) in [4.78, 5) is 38.8. The van der Waals surface area contributed by atoms with Gasteiger partial charge in [0.25, 0.3) is 5.91 Å². The normalized spacial score (nSPS) is 14.6. The van der Waals surface area contributed by atoms with Crippen LogP contribution in [0.3, 0.4) is 0 Å². The lowest BCUT2D eigenvalue weighted by Crippen LogP contribution is -2.31. The summed E-state index contributed by atoms with van der Waals surface area (Å²) in [5.74, 6) is -1.04. The minimum absolute atomic E-state index is 0.0296. The molecule has 1 amide bonds. The highest BCUT2D eigenvalue weighted by molar-refractivity contribution is 8.26. The fourth-order valence-corrected chi connectivity index (χ4v) is 5.94. The van der Waals surface area contributed by atoms with Crippen LogP contribution in [0.15, 0.2) is 74.8 Å². The molecule has 5 rings (SSSR count). The third-order valence-electron chi connectivity index (χ3n) is 5.40. The predicted octanol–water partition coefficient (Wildman–Crippen LogP) is 6.51. The predicted molar refractivity (Wildman–Crippen MR) is 147 cm³/mol. The van der Waals surface area contributed by atoms with Crippen molar-refractivity contribution in [2.45, 2.75) is 6.42 Å². The fourth-order valence-electron chi connectivity index (χ4n) is 3.68. The van der Waals surface area contributed by atoms with Gasteiger partial charge < -0.3 is 9.15 Å². The number of hydrogen-bond acceptors (Lipinski definition) is 8. The van der Waals surface area contributed by atoms with Crippen LogP contribution >= 0.6 is 46.9 Å². The summed E-state index contributed by atoms with van der Waals surface area (Å²) in [5.41, 5.74) is 2.27. The SMILES string of the molecule is O=C(CCN1C(=O)/C(=C\c2ccc(F)cc2)SC1=S)Oc1ccc2oc(=O)sc2c1-c1ccc(Cl)cc1. The van der Waals surface area contributed by atoms with Crippen LogP contribution in [0.1, 0.15) is 12.0 Å². The molecule has 0 unspecified atom stereocenters. The monoisotopic (exact) mass is 571 g/mol. The highest BCUT2D eigenvalue weighted by Crippen LogP contribution is 2.39. The first kappa shape index (κ1) is 25.3. The molecule has 0 spiro atoms. The van der Waals surface area contributed by atoms with Gasteiger partial charge in [0, 0.05) is 17.1 Å². The fraction of sp³-hybridized carbons (Fsp3) is 0.0769. The van der Waals surface area contributed by atoms with Crippen LogP contribution in [-0.2, 0) is 9.59 Å². The number of halogens is 2. The van der Waals surface area contributed by atoms with E-state index in [1.807, 2.05) is 0 Å². The average Bonchev–Trinajstić information content (AvgIpc) is 3.37. The molecular formula is C26H15ClFNO5S3. The summed E-state index contributed by atoms with van der Waals surface area (Å²) in [6.45, 7) is 0.0296. The van der Waals surface area contributed by atoms with Crippen molar-refractivity contribution in [3.63, 3.8) is 0 Å². The summed E-state index contributed by atoms with van der Waals surface area (Å²) < 4.78 is 24.9. The van der Waals surface area contributed by atoms with Crippen LogP contribution in [0.2, 0.25) is 5.02 Å². The Bertz CT molecular complexity index is 1630. The Hall–Kier alpha value is -3.31. The van der Waals surface area contributed by atoms with Gasteiger partial charge in [0.1, 0.15) is 21.5 Å². The second kappa shape index (κ2) is 10.6. The Morgan fingerprint density at radius 2 is 1.81 bits per heavy atom. The van der Waals surface area contributed by atoms with Crippen LogP contribution in [0, 0.1) is 5.82 Å².